The van der Waals surface area contributed by atoms with Crippen molar-refractivity contribution in [2.75, 3.05) is 5.75 Å². The molecular weight excluding hydrogens is 241 g/mol. The summed E-state index contributed by atoms with van der Waals surface area (Å²) in [6.07, 6.45) is -4.70. The molecule has 88 valence electrons. The van der Waals surface area contributed by atoms with Gasteiger partial charge in [0.15, 0.2) is 5.92 Å². The van der Waals surface area contributed by atoms with E-state index in [1.165, 1.54) is 0 Å². The SMILES string of the molecule is O=C(O)C(CSc1ccccc1)C(F)(F)F. The van der Waals surface area contributed by atoms with E-state index in [1.54, 1.807) is 30.3 Å². The Balaban J connectivity index is 2.62. The van der Waals surface area contributed by atoms with Gasteiger partial charge < -0.3 is 5.11 Å². The highest BCUT2D eigenvalue weighted by Gasteiger charge is 2.44. The summed E-state index contributed by atoms with van der Waals surface area (Å²) in [7, 11) is 0. The lowest BCUT2D eigenvalue weighted by atomic mass is 10.2. The molecule has 16 heavy (non-hydrogen) atoms. The quantitative estimate of drug-likeness (QED) is 0.834. The van der Waals surface area contributed by atoms with Gasteiger partial charge >= 0.3 is 12.1 Å². The number of thioether (sulfide) groups is 1. The number of carbonyl (C=O) groups is 1. The normalized spacial score (nSPS) is 13.4. The van der Waals surface area contributed by atoms with E-state index in [0.29, 0.717) is 4.90 Å². The molecule has 1 aromatic rings. The summed E-state index contributed by atoms with van der Waals surface area (Å²) in [5, 5.41) is 8.45. The van der Waals surface area contributed by atoms with Gasteiger partial charge in [-0.2, -0.15) is 13.2 Å². The Labute approximate surface area is 94.5 Å². The van der Waals surface area contributed by atoms with E-state index in [4.69, 9.17) is 5.11 Å². The monoisotopic (exact) mass is 250 g/mol. The molecule has 0 saturated heterocycles. The second kappa shape index (κ2) is 5.25. The minimum Gasteiger partial charge on any atom is -0.481 e. The highest BCUT2D eigenvalue weighted by Crippen LogP contribution is 2.31. The van der Waals surface area contributed by atoms with Crippen LogP contribution < -0.4 is 0 Å². The fraction of sp³-hybridized carbons (Fsp3) is 0.300. The van der Waals surface area contributed by atoms with E-state index < -0.39 is 23.8 Å². The van der Waals surface area contributed by atoms with Crippen LogP contribution in [-0.4, -0.2) is 23.0 Å². The maximum absolute atomic E-state index is 12.3. The first-order valence-electron chi connectivity index (χ1n) is 4.38. The van der Waals surface area contributed by atoms with Crippen molar-refractivity contribution in [3.05, 3.63) is 30.3 Å². The van der Waals surface area contributed by atoms with Crippen molar-refractivity contribution in [3.63, 3.8) is 0 Å². The highest BCUT2D eigenvalue weighted by atomic mass is 32.2. The molecule has 2 nitrogen and oxygen atoms in total. The molecule has 1 rings (SSSR count). The molecule has 0 bridgehead atoms. The van der Waals surface area contributed by atoms with Crippen LogP contribution in [0.3, 0.4) is 0 Å². The van der Waals surface area contributed by atoms with Crippen LogP contribution >= 0.6 is 11.8 Å². The molecule has 0 heterocycles. The first-order chi connectivity index (χ1) is 7.41. The lowest BCUT2D eigenvalue weighted by molar-refractivity contribution is -0.188. The van der Waals surface area contributed by atoms with Crippen LogP contribution in [-0.2, 0) is 4.79 Å². The van der Waals surface area contributed by atoms with Crippen LogP contribution in [0.1, 0.15) is 0 Å². The van der Waals surface area contributed by atoms with Crippen molar-refractivity contribution in [1.82, 2.24) is 0 Å². The lowest BCUT2D eigenvalue weighted by Crippen LogP contribution is -2.32. The van der Waals surface area contributed by atoms with Gasteiger partial charge in [-0.15, -0.1) is 11.8 Å². The summed E-state index contributed by atoms with van der Waals surface area (Å²) in [5.74, 6) is -4.67. The zero-order valence-electron chi connectivity index (χ0n) is 8.07. The molecule has 0 aliphatic rings. The van der Waals surface area contributed by atoms with Crippen LogP contribution in [0, 0.1) is 5.92 Å². The number of hydrogen-bond acceptors (Lipinski definition) is 2. The van der Waals surface area contributed by atoms with Gasteiger partial charge in [-0.3, -0.25) is 4.79 Å². The number of carboxylic acids is 1. The van der Waals surface area contributed by atoms with Crippen LogP contribution in [0.4, 0.5) is 13.2 Å². The standard InChI is InChI=1S/C10H9F3O2S/c11-10(12,13)8(9(14)15)6-16-7-4-2-1-3-5-7/h1-5,8H,6H2,(H,14,15). The number of aliphatic carboxylic acids is 1. The molecule has 0 spiro atoms. The molecule has 6 heteroatoms. The first-order valence-corrected chi connectivity index (χ1v) is 5.37. The van der Waals surface area contributed by atoms with Crippen molar-refractivity contribution in [2.24, 2.45) is 5.92 Å². The lowest BCUT2D eigenvalue weighted by Gasteiger charge is -2.15. The summed E-state index contributed by atoms with van der Waals surface area (Å²) in [5.41, 5.74) is 0. The average Bonchev–Trinajstić information content (AvgIpc) is 2.17. The maximum Gasteiger partial charge on any atom is 0.403 e. The third-order valence-corrected chi connectivity index (χ3v) is 2.96. The third kappa shape index (κ3) is 3.77. The first kappa shape index (κ1) is 12.9. The molecule has 0 amide bonds. The fourth-order valence-corrected chi connectivity index (χ4v) is 2.04. The van der Waals surface area contributed by atoms with Crippen molar-refractivity contribution >= 4 is 17.7 Å². The summed E-state index contributed by atoms with van der Waals surface area (Å²) >= 11 is 0.883. The van der Waals surface area contributed by atoms with Gasteiger partial charge in [0.2, 0.25) is 0 Å². The van der Waals surface area contributed by atoms with Crippen molar-refractivity contribution in [3.8, 4) is 0 Å². The van der Waals surface area contributed by atoms with E-state index >= 15 is 0 Å². The minimum absolute atomic E-state index is 0.511. The Morgan fingerprint density at radius 1 is 1.31 bits per heavy atom. The number of alkyl halides is 3. The van der Waals surface area contributed by atoms with E-state index in [1.807, 2.05) is 0 Å². The second-order valence-corrected chi connectivity index (χ2v) is 4.15. The zero-order chi connectivity index (χ0) is 12.2. The topological polar surface area (TPSA) is 37.3 Å². The van der Waals surface area contributed by atoms with E-state index in [-0.39, 0.29) is 0 Å². The Morgan fingerprint density at radius 3 is 2.31 bits per heavy atom. The maximum atomic E-state index is 12.3. The highest BCUT2D eigenvalue weighted by molar-refractivity contribution is 7.99. The Morgan fingerprint density at radius 2 is 1.88 bits per heavy atom. The van der Waals surface area contributed by atoms with Gasteiger partial charge in [-0.25, -0.2) is 0 Å². The molecular formula is C10H9F3O2S. The van der Waals surface area contributed by atoms with Gasteiger partial charge in [0.25, 0.3) is 0 Å². The molecule has 0 aliphatic carbocycles. The second-order valence-electron chi connectivity index (χ2n) is 3.06. The Hall–Kier alpha value is -1.17. The number of carboxylic acid groups (broad SMARTS) is 1. The molecule has 0 radical (unpaired) electrons. The molecule has 0 aromatic heterocycles. The van der Waals surface area contributed by atoms with E-state index in [2.05, 4.69) is 0 Å². The summed E-state index contributed by atoms with van der Waals surface area (Å²) in [6.45, 7) is 0. The van der Waals surface area contributed by atoms with Crippen LogP contribution in [0.15, 0.2) is 35.2 Å². The van der Waals surface area contributed by atoms with Crippen LogP contribution in [0.25, 0.3) is 0 Å². The summed E-state index contributed by atoms with van der Waals surface area (Å²) in [4.78, 5) is 11.1. The number of benzene rings is 1. The predicted octanol–water partition coefficient (Wildman–Crippen LogP) is 3.04. The van der Waals surface area contributed by atoms with Crippen molar-refractivity contribution in [2.45, 2.75) is 11.1 Å². The van der Waals surface area contributed by atoms with Gasteiger partial charge in [0, 0.05) is 10.6 Å². The Bertz CT molecular complexity index is 351. The Kier molecular flexibility index (Phi) is 4.23. The van der Waals surface area contributed by atoms with Crippen LogP contribution in [0.5, 0.6) is 0 Å². The predicted molar refractivity (Wildman–Crippen MR) is 54.3 cm³/mol. The number of halogens is 3. The van der Waals surface area contributed by atoms with Gasteiger partial charge in [0.1, 0.15) is 0 Å². The third-order valence-electron chi connectivity index (χ3n) is 1.85. The average molecular weight is 250 g/mol. The minimum atomic E-state index is -4.70. The van der Waals surface area contributed by atoms with E-state index in [0.717, 1.165) is 11.8 Å². The van der Waals surface area contributed by atoms with Gasteiger partial charge in [-0.1, -0.05) is 18.2 Å². The molecule has 0 aliphatic heterocycles. The summed E-state index contributed by atoms with van der Waals surface area (Å²) in [6, 6.07) is 8.39. The summed E-state index contributed by atoms with van der Waals surface area (Å²) < 4.78 is 36.8. The molecule has 0 fully saturated rings. The molecule has 1 unspecified atom stereocenters. The smallest absolute Gasteiger partial charge is 0.403 e. The van der Waals surface area contributed by atoms with Crippen molar-refractivity contribution in [1.29, 1.82) is 0 Å². The largest absolute Gasteiger partial charge is 0.481 e. The van der Waals surface area contributed by atoms with Crippen LogP contribution in [0.2, 0.25) is 0 Å². The zero-order valence-corrected chi connectivity index (χ0v) is 8.89. The fourth-order valence-electron chi connectivity index (χ4n) is 1.00. The number of rotatable bonds is 4. The number of hydrogen-bond donors (Lipinski definition) is 1. The molecule has 0 saturated carbocycles. The molecule has 1 N–H and O–H groups in total. The van der Waals surface area contributed by atoms with E-state index in [9.17, 15) is 18.0 Å². The van der Waals surface area contributed by atoms with Crippen molar-refractivity contribution < 1.29 is 23.1 Å². The molecule has 1 atom stereocenters. The van der Waals surface area contributed by atoms with Gasteiger partial charge in [0.05, 0.1) is 0 Å². The molecule has 1 aromatic carbocycles. The van der Waals surface area contributed by atoms with Gasteiger partial charge in [-0.05, 0) is 12.1 Å².